The first-order valence-corrected chi connectivity index (χ1v) is 11.5. The summed E-state index contributed by atoms with van der Waals surface area (Å²) in [6.07, 6.45) is 4.79. The maximum absolute atomic E-state index is 12.8. The molecular weight excluding hydrogens is 382 g/mol. The Morgan fingerprint density at radius 3 is 2.59 bits per heavy atom. The Kier molecular flexibility index (Phi) is 5.99. The van der Waals surface area contributed by atoms with Crippen molar-refractivity contribution in [1.29, 1.82) is 0 Å². The summed E-state index contributed by atoms with van der Waals surface area (Å²) in [5, 5.41) is 6.29. The van der Waals surface area contributed by atoms with Gasteiger partial charge in [0, 0.05) is 48.8 Å². The van der Waals surface area contributed by atoms with Gasteiger partial charge in [0.1, 0.15) is 0 Å². The van der Waals surface area contributed by atoms with Crippen molar-refractivity contribution in [3.63, 3.8) is 0 Å². The number of aryl methyl sites for hydroxylation is 2. The zero-order chi connectivity index (χ0) is 20.4. The van der Waals surface area contributed by atoms with E-state index < -0.39 is 0 Å². The van der Waals surface area contributed by atoms with Gasteiger partial charge in [-0.15, -0.1) is 11.3 Å². The standard InChI is InChI=1S/C23H29N3O2S/c1-15-3-4-19(13-16(15)2)23(28)26-11-8-18(9-12-26)22-25-20(14-29-22)7-10-24-21(27)17-5-6-17/h3-4,13-14,17-18H,5-12H2,1-2H3,(H,24,27). The molecule has 1 N–H and O–H groups in total. The first-order chi connectivity index (χ1) is 14.0. The molecule has 1 aromatic carbocycles. The molecule has 1 aliphatic heterocycles. The van der Waals surface area contributed by atoms with E-state index >= 15 is 0 Å². The normalized spacial score (nSPS) is 17.4. The summed E-state index contributed by atoms with van der Waals surface area (Å²) in [5.41, 5.74) is 4.23. The van der Waals surface area contributed by atoms with E-state index in [2.05, 4.69) is 24.5 Å². The second kappa shape index (κ2) is 8.66. The van der Waals surface area contributed by atoms with Crippen molar-refractivity contribution in [2.24, 2.45) is 5.92 Å². The first kappa shape index (κ1) is 20.1. The van der Waals surface area contributed by atoms with E-state index in [1.165, 1.54) is 10.6 Å². The van der Waals surface area contributed by atoms with Crippen molar-refractivity contribution in [3.05, 3.63) is 51.0 Å². The minimum Gasteiger partial charge on any atom is -0.355 e. The Morgan fingerprint density at radius 2 is 1.90 bits per heavy atom. The van der Waals surface area contributed by atoms with Gasteiger partial charge >= 0.3 is 0 Å². The van der Waals surface area contributed by atoms with Crippen molar-refractivity contribution in [3.8, 4) is 0 Å². The molecule has 2 aromatic rings. The number of thiazole rings is 1. The fraction of sp³-hybridized carbons (Fsp3) is 0.522. The number of likely N-dealkylation sites (tertiary alicyclic amines) is 1. The van der Waals surface area contributed by atoms with E-state index in [-0.39, 0.29) is 17.7 Å². The predicted octanol–water partition coefficient (Wildman–Crippen LogP) is 3.85. The van der Waals surface area contributed by atoms with Crippen LogP contribution in [0.1, 0.15) is 63.8 Å². The van der Waals surface area contributed by atoms with Gasteiger partial charge in [0.2, 0.25) is 5.91 Å². The van der Waals surface area contributed by atoms with Crippen LogP contribution in [0.5, 0.6) is 0 Å². The van der Waals surface area contributed by atoms with Crippen LogP contribution in [0.25, 0.3) is 0 Å². The maximum Gasteiger partial charge on any atom is 0.253 e. The SMILES string of the molecule is Cc1ccc(C(=O)N2CCC(c3nc(CCNC(=O)C4CC4)cs3)CC2)cc1C. The van der Waals surface area contributed by atoms with Gasteiger partial charge in [0.15, 0.2) is 0 Å². The lowest BCUT2D eigenvalue weighted by Crippen LogP contribution is -2.38. The average molecular weight is 412 g/mol. The third-order valence-corrected chi connectivity index (χ3v) is 7.14. The number of rotatable bonds is 6. The monoisotopic (exact) mass is 411 g/mol. The molecule has 2 heterocycles. The minimum absolute atomic E-state index is 0.137. The van der Waals surface area contributed by atoms with E-state index in [4.69, 9.17) is 4.98 Å². The number of nitrogens with zero attached hydrogens (tertiary/aromatic N) is 2. The van der Waals surface area contributed by atoms with Crippen LogP contribution in [-0.4, -0.2) is 41.3 Å². The largest absolute Gasteiger partial charge is 0.355 e. The van der Waals surface area contributed by atoms with E-state index in [0.29, 0.717) is 12.5 Å². The minimum atomic E-state index is 0.137. The molecule has 2 fully saturated rings. The van der Waals surface area contributed by atoms with E-state index in [0.717, 1.165) is 62.0 Å². The molecule has 1 aliphatic carbocycles. The van der Waals surface area contributed by atoms with Gasteiger partial charge in [-0.3, -0.25) is 9.59 Å². The Balaban J connectivity index is 1.27. The van der Waals surface area contributed by atoms with Crippen molar-refractivity contribution in [2.75, 3.05) is 19.6 Å². The van der Waals surface area contributed by atoms with Crippen molar-refractivity contribution in [1.82, 2.24) is 15.2 Å². The van der Waals surface area contributed by atoms with Gasteiger partial charge < -0.3 is 10.2 Å². The van der Waals surface area contributed by atoms with Gasteiger partial charge in [0.25, 0.3) is 5.91 Å². The van der Waals surface area contributed by atoms with Crippen LogP contribution < -0.4 is 5.32 Å². The van der Waals surface area contributed by atoms with Crippen molar-refractivity contribution in [2.45, 2.75) is 51.9 Å². The van der Waals surface area contributed by atoms with Crippen LogP contribution >= 0.6 is 11.3 Å². The molecule has 2 aliphatic rings. The Morgan fingerprint density at radius 1 is 1.14 bits per heavy atom. The molecule has 0 unspecified atom stereocenters. The summed E-state index contributed by atoms with van der Waals surface area (Å²) in [4.78, 5) is 31.3. The van der Waals surface area contributed by atoms with Crippen LogP contribution in [0.4, 0.5) is 0 Å². The molecule has 5 nitrogen and oxygen atoms in total. The third kappa shape index (κ3) is 4.86. The summed E-state index contributed by atoms with van der Waals surface area (Å²) in [6, 6.07) is 5.96. The van der Waals surface area contributed by atoms with Gasteiger partial charge in [-0.1, -0.05) is 6.07 Å². The van der Waals surface area contributed by atoms with Gasteiger partial charge in [-0.25, -0.2) is 4.98 Å². The maximum atomic E-state index is 12.8. The number of piperidine rings is 1. The molecule has 1 aromatic heterocycles. The summed E-state index contributed by atoms with van der Waals surface area (Å²) < 4.78 is 0. The summed E-state index contributed by atoms with van der Waals surface area (Å²) >= 11 is 1.72. The number of amides is 2. The Bertz CT molecular complexity index is 895. The lowest BCUT2D eigenvalue weighted by atomic mass is 9.96. The molecule has 154 valence electrons. The zero-order valence-corrected chi connectivity index (χ0v) is 18.1. The summed E-state index contributed by atoms with van der Waals surface area (Å²) in [6.45, 7) is 6.35. The second-order valence-corrected chi connectivity index (χ2v) is 9.25. The molecule has 29 heavy (non-hydrogen) atoms. The number of hydrogen-bond acceptors (Lipinski definition) is 4. The Labute approximate surface area is 176 Å². The third-order valence-electron chi connectivity index (χ3n) is 6.08. The number of hydrogen-bond donors (Lipinski definition) is 1. The molecule has 2 amide bonds. The first-order valence-electron chi connectivity index (χ1n) is 10.6. The highest BCUT2D eigenvalue weighted by molar-refractivity contribution is 7.09. The number of nitrogens with one attached hydrogen (secondary N) is 1. The summed E-state index contributed by atoms with van der Waals surface area (Å²) in [7, 11) is 0. The van der Waals surface area contributed by atoms with Crippen LogP contribution in [0.15, 0.2) is 23.6 Å². The number of benzene rings is 1. The molecule has 0 bridgehead atoms. The quantitative estimate of drug-likeness (QED) is 0.785. The second-order valence-electron chi connectivity index (χ2n) is 8.36. The molecule has 1 saturated carbocycles. The number of aromatic nitrogens is 1. The predicted molar refractivity (Wildman–Crippen MR) is 115 cm³/mol. The van der Waals surface area contributed by atoms with Crippen LogP contribution in [-0.2, 0) is 11.2 Å². The zero-order valence-electron chi connectivity index (χ0n) is 17.2. The van der Waals surface area contributed by atoms with Crippen molar-refractivity contribution < 1.29 is 9.59 Å². The fourth-order valence-electron chi connectivity index (χ4n) is 3.82. The fourth-order valence-corrected chi connectivity index (χ4v) is 4.84. The topological polar surface area (TPSA) is 62.3 Å². The number of carbonyl (C=O) groups is 2. The molecule has 6 heteroatoms. The van der Waals surface area contributed by atoms with Gasteiger partial charge in [-0.2, -0.15) is 0 Å². The highest BCUT2D eigenvalue weighted by Crippen LogP contribution is 2.31. The number of carbonyl (C=O) groups excluding carboxylic acids is 2. The molecule has 0 spiro atoms. The van der Waals surface area contributed by atoms with Gasteiger partial charge in [0.05, 0.1) is 10.7 Å². The summed E-state index contributed by atoms with van der Waals surface area (Å²) in [5.74, 6) is 1.02. The molecule has 0 atom stereocenters. The van der Waals surface area contributed by atoms with Crippen LogP contribution in [0.2, 0.25) is 0 Å². The smallest absolute Gasteiger partial charge is 0.253 e. The Hall–Kier alpha value is -2.21. The average Bonchev–Trinajstić information content (AvgIpc) is 3.48. The van der Waals surface area contributed by atoms with Crippen molar-refractivity contribution >= 4 is 23.2 Å². The van der Waals surface area contributed by atoms with E-state index in [1.807, 2.05) is 23.1 Å². The lowest BCUT2D eigenvalue weighted by molar-refractivity contribution is -0.122. The molecule has 4 rings (SSSR count). The molecule has 1 saturated heterocycles. The van der Waals surface area contributed by atoms with Crippen LogP contribution in [0, 0.1) is 19.8 Å². The van der Waals surface area contributed by atoms with Crippen LogP contribution in [0.3, 0.4) is 0 Å². The highest BCUT2D eigenvalue weighted by Gasteiger charge is 2.29. The van der Waals surface area contributed by atoms with Gasteiger partial charge in [-0.05, 0) is 62.8 Å². The van der Waals surface area contributed by atoms with E-state index in [9.17, 15) is 9.59 Å². The molecule has 0 radical (unpaired) electrons. The highest BCUT2D eigenvalue weighted by atomic mass is 32.1. The van der Waals surface area contributed by atoms with E-state index in [1.54, 1.807) is 11.3 Å². The lowest BCUT2D eigenvalue weighted by Gasteiger charge is -2.31. The molecular formula is C23H29N3O2S.